The zero-order valence-electron chi connectivity index (χ0n) is 16.7. The summed E-state index contributed by atoms with van der Waals surface area (Å²) in [7, 11) is 0. The highest BCUT2D eigenvalue weighted by Gasteiger charge is 2.34. The Morgan fingerprint density at radius 1 is 1.26 bits per heavy atom. The number of alkyl halides is 3. The first-order valence-corrected chi connectivity index (χ1v) is 10.1. The summed E-state index contributed by atoms with van der Waals surface area (Å²) in [5, 5.41) is 10.00. The molecule has 1 aromatic carbocycles. The molecule has 0 amide bonds. The van der Waals surface area contributed by atoms with Gasteiger partial charge in [0.15, 0.2) is 0 Å². The summed E-state index contributed by atoms with van der Waals surface area (Å²) in [5.41, 5.74) is 1.38. The number of pyridine rings is 1. The Kier molecular flexibility index (Phi) is 6.83. The molecule has 0 saturated carbocycles. The van der Waals surface area contributed by atoms with Crippen LogP contribution in [0.2, 0.25) is 5.02 Å². The number of anilines is 1. The van der Waals surface area contributed by atoms with Gasteiger partial charge in [-0.1, -0.05) is 11.6 Å². The molecule has 0 spiro atoms. The van der Waals surface area contributed by atoms with Crippen molar-refractivity contribution < 1.29 is 47.0 Å². The SMILES string of the molecule is CC1CCc2c(N3CCN(CC(F)(F)F)CC3)c(Cl)cc3c(=O)c(C(=O)O)cn1c23.[I-]. The van der Waals surface area contributed by atoms with E-state index in [4.69, 9.17) is 11.6 Å². The molecule has 1 N–H and O–H groups in total. The highest BCUT2D eigenvalue weighted by atomic mass is 127. The van der Waals surface area contributed by atoms with Gasteiger partial charge in [0, 0.05) is 49.4 Å². The molecule has 1 atom stereocenters. The fourth-order valence-corrected chi connectivity index (χ4v) is 4.85. The van der Waals surface area contributed by atoms with Crippen LogP contribution in [0.15, 0.2) is 17.1 Å². The van der Waals surface area contributed by atoms with Gasteiger partial charge in [-0.3, -0.25) is 9.69 Å². The molecular formula is C20H21ClF3IN3O3-. The maximum Gasteiger partial charge on any atom is 0.401 e. The van der Waals surface area contributed by atoms with Crippen LogP contribution in [0.5, 0.6) is 0 Å². The number of aromatic nitrogens is 1. The number of aromatic carboxylic acids is 1. The van der Waals surface area contributed by atoms with E-state index in [9.17, 15) is 27.9 Å². The number of halogens is 5. The Labute approximate surface area is 198 Å². The van der Waals surface area contributed by atoms with Crippen molar-refractivity contribution in [3.05, 3.63) is 38.6 Å². The van der Waals surface area contributed by atoms with Crippen molar-refractivity contribution in [2.45, 2.75) is 32.0 Å². The van der Waals surface area contributed by atoms with Gasteiger partial charge in [0.25, 0.3) is 0 Å². The maximum atomic E-state index is 12.8. The van der Waals surface area contributed by atoms with Gasteiger partial charge in [-0.25, -0.2) is 4.79 Å². The number of benzene rings is 1. The summed E-state index contributed by atoms with van der Waals surface area (Å²) in [6.45, 7) is 2.32. The summed E-state index contributed by atoms with van der Waals surface area (Å²) < 4.78 is 39.9. The zero-order valence-corrected chi connectivity index (χ0v) is 19.6. The largest absolute Gasteiger partial charge is 1.00 e. The molecule has 3 heterocycles. The normalized spacial score (nSPS) is 19.4. The van der Waals surface area contributed by atoms with Crippen molar-refractivity contribution >= 4 is 34.2 Å². The molecule has 0 radical (unpaired) electrons. The molecule has 1 unspecified atom stereocenters. The average Bonchev–Trinajstić information content (AvgIpc) is 2.65. The standard InChI is InChI=1S/C20H21ClF3N3O3.HI/c1-11-2-3-12-16-13(18(28)14(19(29)30)9-27(11)16)8-15(21)17(12)26-6-4-25(5-7-26)10-20(22,23)24;/h8-9,11H,2-7,10H2,1H3,(H,29,30);1H/p-1. The molecule has 31 heavy (non-hydrogen) atoms. The Bertz CT molecular complexity index is 1080. The van der Waals surface area contributed by atoms with Crippen molar-refractivity contribution in [1.82, 2.24) is 9.47 Å². The average molecular weight is 571 g/mol. The summed E-state index contributed by atoms with van der Waals surface area (Å²) in [6, 6.07) is 1.51. The Morgan fingerprint density at radius 3 is 2.48 bits per heavy atom. The van der Waals surface area contributed by atoms with Crippen LogP contribution in [-0.4, -0.2) is 59.4 Å². The smallest absolute Gasteiger partial charge is 0.401 e. The van der Waals surface area contributed by atoms with Crippen molar-refractivity contribution in [2.75, 3.05) is 37.6 Å². The minimum atomic E-state index is -4.23. The van der Waals surface area contributed by atoms with Crippen LogP contribution in [0.1, 0.15) is 35.3 Å². The monoisotopic (exact) mass is 570 g/mol. The topological polar surface area (TPSA) is 65.8 Å². The number of carbonyl (C=O) groups is 1. The molecule has 1 fully saturated rings. The number of aryl methyl sites for hydroxylation is 1. The van der Waals surface area contributed by atoms with E-state index in [1.165, 1.54) is 17.2 Å². The number of carboxylic acid groups (broad SMARTS) is 1. The highest BCUT2D eigenvalue weighted by Crippen LogP contribution is 2.41. The Morgan fingerprint density at radius 2 is 1.90 bits per heavy atom. The van der Waals surface area contributed by atoms with Crippen LogP contribution in [-0.2, 0) is 6.42 Å². The van der Waals surface area contributed by atoms with Gasteiger partial charge in [0.2, 0.25) is 5.43 Å². The van der Waals surface area contributed by atoms with Crippen LogP contribution in [0.25, 0.3) is 10.9 Å². The van der Waals surface area contributed by atoms with Crippen molar-refractivity contribution in [3.8, 4) is 0 Å². The number of rotatable bonds is 3. The zero-order chi connectivity index (χ0) is 21.8. The first-order valence-electron chi connectivity index (χ1n) is 9.74. The highest BCUT2D eigenvalue weighted by molar-refractivity contribution is 6.34. The number of hydrogen-bond donors (Lipinski definition) is 1. The Hall–Kier alpha value is -1.53. The second-order valence-electron chi connectivity index (χ2n) is 7.93. The fourth-order valence-electron chi connectivity index (χ4n) is 4.51. The molecule has 170 valence electrons. The van der Waals surface area contributed by atoms with Crippen LogP contribution in [0, 0.1) is 0 Å². The third kappa shape index (κ3) is 4.51. The van der Waals surface area contributed by atoms with Gasteiger partial charge >= 0.3 is 12.1 Å². The van der Waals surface area contributed by atoms with E-state index in [2.05, 4.69) is 0 Å². The molecule has 2 aliphatic rings. The van der Waals surface area contributed by atoms with Crippen molar-refractivity contribution in [1.29, 1.82) is 0 Å². The first kappa shape index (κ1) is 24.1. The van der Waals surface area contributed by atoms with E-state index in [0.29, 0.717) is 30.0 Å². The fraction of sp³-hybridized carbons (Fsp3) is 0.500. The van der Waals surface area contributed by atoms with Gasteiger partial charge in [0.1, 0.15) is 5.56 Å². The maximum absolute atomic E-state index is 12.8. The lowest BCUT2D eigenvalue weighted by Gasteiger charge is -2.39. The Balaban J connectivity index is 0.00000272. The molecule has 6 nitrogen and oxygen atoms in total. The molecule has 1 aromatic heterocycles. The molecule has 0 aliphatic carbocycles. The van der Waals surface area contributed by atoms with E-state index in [1.807, 2.05) is 16.4 Å². The summed E-state index contributed by atoms with van der Waals surface area (Å²) in [5.74, 6) is -1.29. The first-order chi connectivity index (χ1) is 14.1. The number of piperazine rings is 1. The lowest BCUT2D eigenvalue weighted by molar-refractivity contribution is -0.146. The van der Waals surface area contributed by atoms with Gasteiger partial charge in [-0.15, -0.1) is 0 Å². The molecule has 2 aliphatic heterocycles. The van der Waals surface area contributed by atoms with Gasteiger partial charge in [-0.2, -0.15) is 13.2 Å². The van der Waals surface area contributed by atoms with Crippen LogP contribution >= 0.6 is 11.6 Å². The third-order valence-electron chi connectivity index (χ3n) is 5.95. The van der Waals surface area contributed by atoms with E-state index in [0.717, 1.165) is 17.7 Å². The van der Waals surface area contributed by atoms with E-state index in [1.54, 1.807) is 0 Å². The van der Waals surface area contributed by atoms with E-state index in [-0.39, 0.29) is 54.1 Å². The lowest BCUT2D eigenvalue weighted by Crippen LogP contribution is -3.00. The summed E-state index contributed by atoms with van der Waals surface area (Å²) in [4.78, 5) is 27.6. The predicted molar refractivity (Wildman–Crippen MR) is 108 cm³/mol. The molecule has 0 bridgehead atoms. The quantitative estimate of drug-likeness (QED) is 0.547. The molecule has 1 saturated heterocycles. The number of carboxylic acids is 1. The van der Waals surface area contributed by atoms with Crippen molar-refractivity contribution in [3.63, 3.8) is 0 Å². The third-order valence-corrected chi connectivity index (χ3v) is 6.24. The lowest BCUT2D eigenvalue weighted by atomic mass is 9.93. The molecule has 11 heteroatoms. The summed E-state index contributed by atoms with van der Waals surface area (Å²) in [6.07, 6.45) is -1.45. The van der Waals surface area contributed by atoms with Gasteiger partial charge in [0.05, 0.1) is 22.8 Å². The molecule has 2 aromatic rings. The second-order valence-corrected chi connectivity index (χ2v) is 8.34. The molecule has 4 rings (SSSR count). The van der Waals surface area contributed by atoms with Crippen LogP contribution in [0.4, 0.5) is 18.9 Å². The van der Waals surface area contributed by atoms with Crippen LogP contribution in [0.3, 0.4) is 0 Å². The predicted octanol–water partition coefficient (Wildman–Crippen LogP) is 0.549. The van der Waals surface area contributed by atoms with Gasteiger partial charge < -0.3 is 38.6 Å². The summed E-state index contributed by atoms with van der Waals surface area (Å²) >= 11 is 6.55. The van der Waals surface area contributed by atoms with Crippen molar-refractivity contribution in [2.24, 2.45) is 0 Å². The minimum Gasteiger partial charge on any atom is -1.00 e. The van der Waals surface area contributed by atoms with Gasteiger partial charge in [-0.05, 0) is 25.8 Å². The minimum absolute atomic E-state index is 0. The molecular weight excluding hydrogens is 550 g/mol. The van der Waals surface area contributed by atoms with Crippen LogP contribution < -0.4 is 34.3 Å². The number of nitrogens with zero attached hydrogens (tertiary/aromatic N) is 3. The van der Waals surface area contributed by atoms with E-state index >= 15 is 0 Å². The second kappa shape index (κ2) is 8.78. The number of hydrogen-bond acceptors (Lipinski definition) is 4. The van der Waals surface area contributed by atoms with E-state index < -0.39 is 24.1 Å².